The van der Waals surface area contributed by atoms with Crippen LogP contribution in [-0.4, -0.2) is 43.2 Å². The van der Waals surface area contributed by atoms with E-state index in [1.54, 1.807) is 0 Å². The van der Waals surface area contributed by atoms with E-state index < -0.39 is 0 Å². The Labute approximate surface area is 191 Å². The van der Waals surface area contributed by atoms with Gasteiger partial charge in [0.25, 0.3) is 0 Å². The van der Waals surface area contributed by atoms with Crippen molar-refractivity contribution >= 4 is 22.7 Å². The first-order valence-electron chi connectivity index (χ1n) is 12.1. The number of rotatable bonds is 8. The molecule has 2 N–H and O–H groups in total. The first-order valence-corrected chi connectivity index (χ1v) is 12.1. The van der Waals surface area contributed by atoms with Crippen molar-refractivity contribution in [2.45, 2.75) is 44.1 Å². The van der Waals surface area contributed by atoms with E-state index in [1.807, 2.05) is 26.2 Å². The number of para-hydroxylation sites is 1. The Morgan fingerprint density at radius 2 is 1.62 bits per heavy atom. The Balaban J connectivity index is 1.08. The van der Waals surface area contributed by atoms with E-state index in [9.17, 15) is 0 Å². The minimum atomic E-state index is 0.466. The molecule has 2 atom stereocenters. The van der Waals surface area contributed by atoms with Crippen molar-refractivity contribution in [2.75, 3.05) is 37.4 Å². The maximum absolute atomic E-state index is 4.81. The topological polar surface area (TPSA) is 53.1 Å². The third-order valence-electron chi connectivity index (χ3n) is 7.18. The summed E-state index contributed by atoms with van der Waals surface area (Å²) in [5.74, 6) is 4.13. The molecule has 0 spiro atoms. The summed E-state index contributed by atoms with van der Waals surface area (Å²) in [6, 6.07) is 19.7. The van der Waals surface area contributed by atoms with E-state index in [1.165, 1.54) is 37.7 Å². The first-order chi connectivity index (χ1) is 15.7. The molecule has 3 aromatic rings. The Morgan fingerprint density at radius 1 is 0.875 bits per heavy atom. The lowest BCUT2D eigenvalue weighted by Crippen LogP contribution is -2.32. The lowest BCUT2D eigenvalue weighted by molar-refractivity contribution is 0.323. The lowest BCUT2D eigenvalue weighted by atomic mass is 9.86. The minimum absolute atomic E-state index is 0.466. The molecule has 1 aromatic heterocycles. The van der Waals surface area contributed by atoms with E-state index >= 15 is 0 Å². The van der Waals surface area contributed by atoms with Gasteiger partial charge in [0, 0.05) is 25.5 Å². The standard InChI is InChI=1S/C27H35N5/c1-32(2)26-23-10-6-7-11-25(23)30-27(31-26)29-22-14-12-19(13-15-22)17-28-18-21-16-24(21)20-8-4-3-5-9-20/h3-11,19,21-22,24,28H,12-18H2,1-2H3,(H,29,30,31)/t19-,21-,22+,24-/m0/s1. The Bertz CT molecular complexity index is 1030. The third-order valence-corrected chi connectivity index (χ3v) is 7.18. The van der Waals surface area contributed by atoms with Crippen LogP contribution >= 0.6 is 0 Å². The first kappa shape index (κ1) is 21.2. The summed E-state index contributed by atoms with van der Waals surface area (Å²) in [4.78, 5) is 11.7. The van der Waals surface area contributed by atoms with Crippen LogP contribution in [0.2, 0.25) is 0 Å². The average Bonchev–Trinajstić information content (AvgIpc) is 3.60. The Kier molecular flexibility index (Phi) is 6.26. The van der Waals surface area contributed by atoms with E-state index in [0.29, 0.717) is 6.04 Å². The molecular weight excluding hydrogens is 394 g/mol. The summed E-state index contributed by atoms with van der Waals surface area (Å²) < 4.78 is 0. The van der Waals surface area contributed by atoms with Gasteiger partial charge >= 0.3 is 0 Å². The summed E-state index contributed by atoms with van der Waals surface area (Å²) in [6.45, 7) is 2.32. The van der Waals surface area contributed by atoms with Gasteiger partial charge in [-0.2, -0.15) is 4.98 Å². The molecule has 2 saturated carbocycles. The van der Waals surface area contributed by atoms with Gasteiger partial charge in [0.15, 0.2) is 0 Å². The highest BCUT2D eigenvalue weighted by atomic mass is 15.2. The van der Waals surface area contributed by atoms with Gasteiger partial charge in [-0.05, 0) is 80.6 Å². The van der Waals surface area contributed by atoms with Gasteiger partial charge in [0.05, 0.1) is 5.52 Å². The van der Waals surface area contributed by atoms with Crippen LogP contribution in [0.5, 0.6) is 0 Å². The van der Waals surface area contributed by atoms with Crippen LogP contribution in [0.25, 0.3) is 10.9 Å². The fourth-order valence-corrected chi connectivity index (χ4v) is 5.21. The van der Waals surface area contributed by atoms with Crippen molar-refractivity contribution in [1.29, 1.82) is 0 Å². The normalized spacial score (nSPS) is 24.9. The maximum Gasteiger partial charge on any atom is 0.225 e. The van der Waals surface area contributed by atoms with Gasteiger partial charge in [-0.3, -0.25) is 0 Å². The van der Waals surface area contributed by atoms with E-state index in [0.717, 1.165) is 53.5 Å². The maximum atomic E-state index is 4.81. The van der Waals surface area contributed by atoms with Crippen LogP contribution in [0, 0.1) is 11.8 Å². The smallest absolute Gasteiger partial charge is 0.225 e. The molecule has 2 aliphatic carbocycles. The summed E-state index contributed by atoms with van der Waals surface area (Å²) in [5, 5.41) is 8.50. The molecule has 0 radical (unpaired) electrons. The second-order valence-corrected chi connectivity index (χ2v) is 9.82. The van der Waals surface area contributed by atoms with Crippen LogP contribution in [0.1, 0.15) is 43.6 Å². The molecule has 0 unspecified atom stereocenters. The number of anilines is 2. The molecule has 5 nitrogen and oxygen atoms in total. The highest BCUT2D eigenvalue weighted by molar-refractivity contribution is 5.90. The number of benzene rings is 2. The number of aromatic nitrogens is 2. The third kappa shape index (κ3) is 4.88. The number of nitrogens with zero attached hydrogens (tertiary/aromatic N) is 3. The van der Waals surface area contributed by atoms with Crippen molar-refractivity contribution < 1.29 is 0 Å². The number of hydrogen-bond donors (Lipinski definition) is 2. The molecule has 5 heteroatoms. The molecule has 5 rings (SSSR count). The van der Waals surface area contributed by atoms with Crippen molar-refractivity contribution in [1.82, 2.24) is 15.3 Å². The molecule has 168 valence electrons. The van der Waals surface area contributed by atoms with Crippen LogP contribution in [-0.2, 0) is 0 Å². The molecule has 2 aromatic carbocycles. The summed E-state index contributed by atoms with van der Waals surface area (Å²) >= 11 is 0. The summed E-state index contributed by atoms with van der Waals surface area (Å²) in [6.07, 6.45) is 6.26. The monoisotopic (exact) mass is 429 g/mol. The van der Waals surface area contributed by atoms with Crippen molar-refractivity contribution in [3.63, 3.8) is 0 Å². The molecule has 2 fully saturated rings. The Hall–Kier alpha value is -2.66. The van der Waals surface area contributed by atoms with Crippen LogP contribution < -0.4 is 15.5 Å². The van der Waals surface area contributed by atoms with Crippen LogP contribution in [0.4, 0.5) is 11.8 Å². The zero-order valence-electron chi connectivity index (χ0n) is 19.3. The zero-order valence-corrected chi connectivity index (χ0v) is 19.3. The quantitative estimate of drug-likeness (QED) is 0.524. The fourth-order valence-electron chi connectivity index (χ4n) is 5.21. The van der Waals surface area contributed by atoms with Crippen LogP contribution in [0.15, 0.2) is 54.6 Å². The largest absolute Gasteiger partial charge is 0.362 e. The predicted molar refractivity (Wildman–Crippen MR) is 133 cm³/mol. The number of fused-ring (bicyclic) bond motifs is 1. The van der Waals surface area contributed by atoms with Gasteiger partial charge in [-0.15, -0.1) is 0 Å². The highest BCUT2D eigenvalue weighted by Gasteiger charge is 2.37. The second-order valence-electron chi connectivity index (χ2n) is 9.82. The molecular formula is C27H35N5. The lowest BCUT2D eigenvalue weighted by Gasteiger charge is -2.29. The fraction of sp³-hybridized carbons (Fsp3) is 0.481. The highest BCUT2D eigenvalue weighted by Crippen LogP contribution is 2.46. The van der Waals surface area contributed by atoms with Gasteiger partial charge in [-0.25, -0.2) is 4.98 Å². The molecule has 0 aliphatic heterocycles. The molecule has 1 heterocycles. The van der Waals surface area contributed by atoms with E-state index in [-0.39, 0.29) is 0 Å². The van der Waals surface area contributed by atoms with Crippen molar-refractivity contribution in [2.24, 2.45) is 11.8 Å². The number of nitrogens with one attached hydrogen (secondary N) is 2. The molecule has 32 heavy (non-hydrogen) atoms. The zero-order chi connectivity index (χ0) is 21.9. The predicted octanol–water partition coefficient (Wildman–Crippen LogP) is 5.06. The SMILES string of the molecule is CN(C)c1nc(N[C@H]2CC[C@@H](CNC[C@@H]3C[C@H]3c3ccccc3)CC2)nc2ccccc12. The van der Waals surface area contributed by atoms with Gasteiger partial charge in [-0.1, -0.05) is 42.5 Å². The Morgan fingerprint density at radius 3 is 2.41 bits per heavy atom. The van der Waals surface area contributed by atoms with Crippen molar-refractivity contribution in [3.8, 4) is 0 Å². The van der Waals surface area contributed by atoms with Gasteiger partial charge in [0.1, 0.15) is 5.82 Å². The summed E-state index contributed by atoms with van der Waals surface area (Å²) in [5.41, 5.74) is 2.51. The van der Waals surface area contributed by atoms with Gasteiger partial charge < -0.3 is 15.5 Å². The number of hydrogen-bond acceptors (Lipinski definition) is 5. The van der Waals surface area contributed by atoms with E-state index in [2.05, 4.69) is 58.0 Å². The van der Waals surface area contributed by atoms with E-state index in [4.69, 9.17) is 9.97 Å². The molecule has 0 saturated heterocycles. The average molecular weight is 430 g/mol. The summed E-state index contributed by atoms with van der Waals surface area (Å²) in [7, 11) is 4.08. The van der Waals surface area contributed by atoms with Crippen molar-refractivity contribution in [3.05, 3.63) is 60.2 Å². The van der Waals surface area contributed by atoms with Gasteiger partial charge in [0.2, 0.25) is 5.95 Å². The minimum Gasteiger partial charge on any atom is -0.362 e. The van der Waals surface area contributed by atoms with Crippen LogP contribution in [0.3, 0.4) is 0 Å². The second kappa shape index (κ2) is 9.45. The molecule has 2 aliphatic rings. The molecule has 0 amide bonds. The molecule has 0 bridgehead atoms.